The van der Waals surface area contributed by atoms with Crippen molar-refractivity contribution in [2.75, 3.05) is 25.0 Å². The van der Waals surface area contributed by atoms with Crippen molar-refractivity contribution >= 4 is 17.5 Å². The van der Waals surface area contributed by atoms with Crippen molar-refractivity contribution in [3.8, 4) is 0 Å². The van der Waals surface area contributed by atoms with Gasteiger partial charge in [-0.1, -0.05) is 19.1 Å². The summed E-state index contributed by atoms with van der Waals surface area (Å²) < 4.78 is 0. The van der Waals surface area contributed by atoms with Gasteiger partial charge in [0.25, 0.3) is 0 Å². The summed E-state index contributed by atoms with van der Waals surface area (Å²) in [7, 11) is 0. The minimum atomic E-state index is -0.316. The van der Waals surface area contributed by atoms with E-state index >= 15 is 0 Å². The molecule has 1 aromatic rings. The Bertz CT molecular complexity index is 577. The maximum absolute atomic E-state index is 11.8. The molecule has 2 amide bonds. The molecule has 1 atom stereocenters. The molecule has 0 saturated carbocycles. The predicted octanol–water partition coefficient (Wildman–Crippen LogP) is 2.18. The van der Waals surface area contributed by atoms with E-state index in [0.29, 0.717) is 12.8 Å². The Hall–Kier alpha value is -1.88. The first-order valence-electron chi connectivity index (χ1n) is 9.01. The Morgan fingerprint density at radius 2 is 1.83 bits per heavy atom. The zero-order chi connectivity index (χ0) is 16.9. The summed E-state index contributed by atoms with van der Waals surface area (Å²) in [6, 6.07) is 7.99. The summed E-state index contributed by atoms with van der Waals surface area (Å²) in [5, 5.41) is 5.59. The fourth-order valence-electron chi connectivity index (χ4n) is 3.37. The van der Waals surface area contributed by atoms with Crippen LogP contribution < -0.4 is 10.6 Å². The molecule has 0 aromatic heterocycles. The molecular weight excluding hydrogens is 302 g/mol. The van der Waals surface area contributed by atoms with Gasteiger partial charge in [0.05, 0.1) is 0 Å². The summed E-state index contributed by atoms with van der Waals surface area (Å²) in [6.45, 7) is 5.89. The van der Waals surface area contributed by atoms with Crippen LogP contribution in [0, 0.1) is 5.92 Å². The molecule has 2 heterocycles. The van der Waals surface area contributed by atoms with Crippen molar-refractivity contribution in [1.29, 1.82) is 0 Å². The maximum Gasteiger partial charge on any atom is 0.249 e. The van der Waals surface area contributed by atoms with Gasteiger partial charge in [0.15, 0.2) is 0 Å². The lowest BCUT2D eigenvalue weighted by atomic mass is 9.99. The average molecular weight is 329 g/mol. The minimum absolute atomic E-state index is 0.180. The van der Waals surface area contributed by atoms with E-state index in [-0.39, 0.29) is 17.9 Å². The maximum atomic E-state index is 11.8. The molecule has 2 aliphatic heterocycles. The van der Waals surface area contributed by atoms with Gasteiger partial charge in [0.2, 0.25) is 11.8 Å². The fourth-order valence-corrected chi connectivity index (χ4v) is 3.37. The van der Waals surface area contributed by atoms with Crippen LogP contribution in [0.2, 0.25) is 0 Å². The van der Waals surface area contributed by atoms with E-state index in [1.165, 1.54) is 31.5 Å². The van der Waals surface area contributed by atoms with Crippen LogP contribution in [0.1, 0.15) is 38.2 Å². The van der Waals surface area contributed by atoms with Crippen molar-refractivity contribution < 1.29 is 9.59 Å². The van der Waals surface area contributed by atoms with Crippen LogP contribution in [0.5, 0.6) is 0 Å². The summed E-state index contributed by atoms with van der Waals surface area (Å²) in [5.41, 5.74) is 2.25. The third-order valence-electron chi connectivity index (χ3n) is 5.13. The number of carbonyl (C=O) groups excluding carboxylic acids is 2. The Morgan fingerprint density at radius 1 is 1.12 bits per heavy atom. The molecule has 0 radical (unpaired) electrons. The van der Waals surface area contributed by atoms with Crippen molar-refractivity contribution in [3.05, 3.63) is 29.8 Å². The number of rotatable bonds is 5. The lowest BCUT2D eigenvalue weighted by Gasteiger charge is -2.30. The molecule has 1 unspecified atom stereocenters. The highest BCUT2D eigenvalue weighted by molar-refractivity contribution is 6.01. The molecular formula is C19H27N3O2. The van der Waals surface area contributed by atoms with E-state index in [2.05, 4.69) is 34.6 Å². The zero-order valence-electron chi connectivity index (χ0n) is 14.4. The first-order chi connectivity index (χ1) is 11.6. The van der Waals surface area contributed by atoms with Gasteiger partial charge in [-0.2, -0.15) is 0 Å². The highest BCUT2D eigenvalue weighted by atomic mass is 16.2. The second kappa shape index (κ2) is 7.79. The number of carbonyl (C=O) groups is 2. The summed E-state index contributed by atoms with van der Waals surface area (Å²) in [6.07, 6.45) is 4.65. The lowest BCUT2D eigenvalue weighted by Crippen LogP contribution is -2.47. The monoisotopic (exact) mass is 329 g/mol. The Labute approximate surface area is 143 Å². The first kappa shape index (κ1) is 17.0. The topological polar surface area (TPSA) is 61.4 Å². The lowest BCUT2D eigenvalue weighted by molar-refractivity contribution is -0.133. The molecule has 5 nitrogen and oxygen atoms in total. The number of benzene rings is 1. The van der Waals surface area contributed by atoms with Gasteiger partial charge in [-0.15, -0.1) is 0 Å². The molecule has 0 spiro atoms. The Balaban J connectivity index is 1.46. The van der Waals surface area contributed by atoms with Crippen LogP contribution >= 0.6 is 0 Å². The van der Waals surface area contributed by atoms with Crippen LogP contribution in [0.4, 0.5) is 5.69 Å². The number of piperidine rings is 2. The highest BCUT2D eigenvalue weighted by Gasteiger charge is 2.26. The molecule has 5 heteroatoms. The Kier molecular flexibility index (Phi) is 5.51. The second-order valence-corrected chi connectivity index (χ2v) is 7.12. The van der Waals surface area contributed by atoms with Crippen molar-refractivity contribution in [2.24, 2.45) is 5.92 Å². The summed E-state index contributed by atoms with van der Waals surface area (Å²) >= 11 is 0. The fraction of sp³-hybridized carbons (Fsp3) is 0.579. The van der Waals surface area contributed by atoms with Crippen LogP contribution in [0.25, 0.3) is 0 Å². The van der Waals surface area contributed by atoms with Crippen molar-refractivity contribution in [1.82, 2.24) is 10.2 Å². The second-order valence-electron chi connectivity index (χ2n) is 7.12. The number of hydrogen-bond acceptors (Lipinski definition) is 4. The van der Waals surface area contributed by atoms with Crippen LogP contribution in [0.3, 0.4) is 0 Å². The molecule has 0 bridgehead atoms. The van der Waals surface area contributed by atoms with Gasteiger partial charge in [-0.25, -0.2) is 0 Å². The van der Waals surface area contributed by atoms with E-state index in [4.69, 9.17) is 0 Å². The normalized spacial score (nSPS) is 23.1. The number of anilines is 1. The molecule has 2 aliphatic rings. The van der Waals surface area contributed by atoms with Crippen molar-refractivity contribution in [2.45, 2.75) is 45.1 Å². The summed E-state index contributed by atoms with van der Waals surface area (Å²) in [5.74, 6) is 0.467. The van der Waals surface area contributed by atoms with Gasteiger partial charge in [-0.05, 0) is 62.4 Å². The molecule has 2 saturated heterocycles. The smallest absolute Gasteiger partial charge is 0.249 e. The van der Waals surface area contributed by atoms with Crippen LogP contribution in [-0.2, 0) is 16.0 Å². The van der Waals surface area contributed by atoms with E-state index < -0.39 is 0 Å². The first-order valence-corrected chi connectivity index (χ1v) is 9.01. The molecule has 2 N–H and O–H groups in total. The van der Waals surface area contributed by atoms with Crippen LogP contribution in [-0.4, -0.2) is 42.4 Å². The molecule has 2 fully saturated rings. The number of likely N-dealkylation sites (tertiary alicyclic amines) is 1. The number of nitrogens with zero attached hydrogens (tertiary/aromatic N) is 1. The van der Waals surface area contributed by atoms with Gasteiger partial charge in [-0.3, -0.25) is 14.9 Å². The standard InChI is InChI=1S/C19H27N3O2/c1-14-8-11-22(12-9-14)13-10-15-2-4-16(5-3-15)20-17-6-7-18(23)21-19(17)24/h2-5,14,17,20H,6-13H2,1H3,(H,21,23,24). The third kappa shape index (κ3) is 4.57. The molecule has 1 aromatic carbocycles. The Morgan fingerprint density at radius 3 is 2.50 bits per heavy atom. The van der Waals surface area contributed by atoms with Gasteiger partial charge < -0.3 is 10.2 Å². The van der Waals surface area contributed by atoms with Gasteiger partial charge >= 0.3 is 0 Å². The number of imide groups is 1. The SMILES string of the molecule is CC1CCN(CCc2ccc(NC3CCC(=O)NC3=O)cc2)CC1. The number of hydrogen-bond donors (Lipinski definition) is 2. The van der Waals surface area contributed by atoms with Gasteiger partial charge in [0, 0.05) is 18.7 Å². The molecule has 3 rings (SSSR count). The van der Waals surface area contributed by atoms with Crippen molar-refractivity contribution in [3.63, 3.8) is 0 Å². The van der Waals surface area contributed by atoms with E-state index in [0.717, 1.165) is 24.6 Å². The number of amides is 2. The third-order valence-corrected chi connectivity index (χ3v) is 5.13. The highest BCUT2D eigenvalue weighted by Crippen LogP contribution is 2.18. The predicted molar refractivity (Wildman–Crippen MR) is 94.8 cm³/mol. The minimum Gasteiger partial charge on any atom is -0.374 e. The van der Waals surface area contributed by atoms with Gasteiger partial charge in [0.1, 0.15) is 6.04 Å². The quantitative estimate of drug-likeness (QED) is 0.813. The van der Waals surface area contributed by atoms with E-state index in [1.807, 2.05) is 12.1 Å². The van der Waals surface area contributed by atoms with E-state index in [1.54, 1.807) is 0 Å². The van der Waals surface area contributed by atoms with E-state index in [9.17, 15) is 9.59 Å². The number of nitrogens with one attached hydrogen (secondary N) is 2. The molecule has 0 aliphatic carbocycles. The molecule has 24 heavy (non-hydrogen) atoms. The molecule has 130 valence electrons. The zero-order valence-corrected chi connectivity index (χ0v) is 14.4. The van der Waals surface area contributed by atoms with Crippen LogP contribution in [0.15, 0.2) is 24.3 Å². The summed E-state index contributed by atoms with van der Waals surface area (Å²) in [4.78, 5) is 25.5. The average Bonchev–Trinajstić information content (AvgIpc) is 2.58. The largest absolute Gasteiger partial charge is 0.374 e.